The molecule has 0 fully saturated rings. The van der Waals surface area contributed by atoms with Crippen LogP contribution in [0, 0.1) is 0 Å². The Balaban J connectivity index is 1.18. The predicted molar refractivity (Wildman–Crippen MR) is 150 cm³/mol. The van der Waals surface area contributed by atoms with Crippen LogP contribution in [0.5, 0.6) is 11.5 Å². The molecule has 0 saturated carbocycles. The summed E-state index contributed by atoms with van der Waals surface area (Å²) in [7, 11) is 0. The van der Waals surface area contributed by atoms with Crippen molar-refractivity contribution in [2.24, 2.45) is 5.10 Å². The Kier molecular flexibility index (Phi) is 7.87. The molecule has 0 bridgehead atoms. The van der Waals surface area contributed by atoms with Crippen LogP contribution in [-0.4, -0.2) is 24.5 Å². The molecule has 0 aromatic heterocycles. The molecular formula is C31H28N2O3S. The molecule has 0 heterocycles. The van der Waals surface area contributed by atoms with Gasteiger partial charge in [-0.25, -0.2) is 5.43 Å². The predicted octanol–water partition coefficient (Wildman–Crippen LogP) is 6.62. The van der Waals surface area contributed by atoms with Crippen molar-refractivity contribution in [1.29, 1.82) is 0 Å². The van der Waals surface area contributed by atoms with Crippen molar-refractivity contribution in [2.45, 2.75) is 18.8 Å². The third-order valence-corrected chi connectivity index (χ3v) is 7.34. The second kappa shape index (κ2) is 11.8. The van der Waals surface area contributed by atoms with Crippen molar-refractivity contribution < 1.29 is 14.3 Å². The molecule has 0 aliphatic heterocycles. The maximum atomic E-state index is 12.6. The van der Waals surface area contributed by atoms with E-state index < -0.39 is 0 Å². The van der Waals surface area contributed by atoms with Crippen LogP contribution in [0.3, 0.4) is 0 Å². The smallest absolute Gasteiger partial charge is 0.250 e. The number of amides is 1. The molecule has 37 heavy (non-hydrogen) atoms. The van der Waals surface area contributed by atoms with Gasteiger partial charge in [-0.2, -0.15) is 5.10 Å². The van der Waals surface area contributed by atoms with Crippen LogP contribution < -0.4 is 14.9 Å². The van der Waals surface area contributed by atoms with Gasteiger partial charge in [0.2, 0.25) is 5.91 Å². The maximum absolute atomic E-state index is 12.6. The molecule has 186 valence electrons. The lowest BCUT2D eigenvalue weighted by atomic mass is 10.1. The molecule has 1 amide bonds. The van der Waals surface area contributed by atoms with E-state index >= 15 is 0 Å². The highest BCUT2D eigenvalue weighted by atomic mass is 32.2. The molecular weight excluding hydrogens is 480 g/mol. The topological polar surface area (TPSA) is 59.9 Å². The number of ether oxygens (including phenoxy) is 2. The summed E-state index contributed by atoms with van der Waals surface area (Å²) in [5.41, 5.74) is 9.54. The first-order chi connectivity index (χ1) is 18.2. The SMILES string of the molecule is CCOc1cc(/C=N\NC(=O)CSC2c3ccccc3-c3ccccc32)ccc1OCc1ccccc1. The molecule has 5 nitrogen and oxygen atoms in total. The van der Waals surface area contributed by atoms with Crippen molar-refractivity contribution in [1.82, 2.24) is 5.43 Å². The number of fused-ring (bicyclic) bond motifs is 3. The summed E-state index contributed by atoms with van der Waals surface area (Å²) in [5.74, 6) is 1.47. The molecule has 0 atom stereocenters. The van der Waals surface area contributed by atoms with Crippen LogP contribution in [0.1, 0.15) is 34.4 Å². The zero-order valence-electron chi connectivity index (χ0n) is 20.6. The molecule has 4 aromatic carbocycles. The van der Waals surface area contributed by atoms with Gasteiger partial charge in [0.25, 0.3) is 0 Å². The van der Waals surface area contributed by atoms with Gasteiger partial charge < -0.3 is 9.47 Å². The minimum atomic E-state index is -0.143. The van der Waals surface area contributed by atoms with Gasteiger partial charge in [0.1, 0.15) is 6.61 Å². The van der Waals surface area contributed by atoms with E-state index in [0.29, 0.717) is 30.5 Å². The van der Waals surface area contributed by atoms with Crippen molar-refractivity contribution in [3.8, 4) is 22.6 Å². The number of hydrazone groups is 1. The van der Waals surface area contributed by atoms with E-state index in [1.807, 2.05) is 55.5 Å². The molecule has 5 rings (SSSR count). The van der Waals surface area contributed by atoms with E-state index in [1.165, 1.54) is 22.3 Å². The standard InChI is InChI=1S/C31H28N2O3S/c1-2-35-29-18-23(16-17-28(29)36-20-22-10-4-3-5-11-22)19-32-33-30(34)21-37-31-26-14-8-6-12-24(26)25-13-7-9-15-27(25)31/h3-19,31H,2,20-21H2,1H3,(H,33,34)/b32-19-. The largest absolute Gasteiger partial charge is 0.490 e. The summed E-state index contributed by atoms with van der Waals surface area (Å²) in [5, 5.41) is 4.30. The quantitative estimate of drug-likeness (QED) is 0.193. The van der Waals surface area contributed by atoms with Gasteiger partial charge in [-0.3, -0.25) is 4.79 Å². The zero-order valence-corrected chi connectivity index (χ0v) is 21.4. The lowest BCUT2D eigenvalue weighted by Crippen LogP contribution is -2.20. The number of carbonyl (C=O) groups excluding carboxylic acids is 1. The van der Waals surface area contributed by atoms with Crippen molar-refractivity contribution in [2.75, 3.05) is 12.4 Å². The van der Waals surface area contributed by atoms with Crippen molar-refractivity contribution in [3.63, 3.8) is 0 Å². The number of benzene rings is 4. The van der Waals surface area contributed by atoms with Crippen LogP contribution in [0.2, 0.25) is 0 Å². The van der Waals surface area contributed by atoms with Gasteiger partial charge in [0, 0.05) is 0 Å². The number of hydrogen-bond donors (Lipinski definition) is 1. The molecule has 1 aliphatic rings. The van der Waals surface area contributed by atoms with Gasteiger partial charge in [0.15, 0.2) is 11.5 Å². The Morgan fingerprint density at radius 2 is 1.54 bits per heavy atom. The Hall–Kier alpha value is -4.03. The second-order valence-corrected chi connectivity index (χ2v) is 9.67. The Bertz CT molecular complexity index is 1360. The summed E-state index contributed by atoms with van der Waals surface area (Å²) >= 11 is 1.62. The first-order valence-corrected chi connectivity index (χ1v) is 13.3. The Labute approximate surface area is 221 Å². The number of hydrogen-bond acceptors (Lipinski definition) is 5. The number of carbonyl (C=O) groups is 1. The van der Waals surface area contributed by atoms with Crippen LogP contribution in [0.25, 0.3) is 11.1 Å². The van der Waals surface area contributed by atoms with Gasteiger partial charge in [0.05, 0.1) is 23.8 Å². The Morgan fingerprint density at radius 3 is 2.24 bits per heavy atom. The summed E-state index contributed by atoms with van der Waals surface area (Å²) in [4.78, 5) is 12.6. The average molecular weight is 509 g/mol. The summed E-state index contributed by atoms with van der Waals surface area (Å²) in [6, 6.07) is 32.4. The average Bonchev–Trinajstić information content (AvgIpc) is 3.26. The minimum Gasteiger partial charge on any atom is -0.490 e. The third kappa shape index (κ3) is 5.87. The third-order valence-electron chi connectivity index (χ3n) is 6.07. The highest BCUT2D eigenvalue weighted by molar-refractivity contribution is 8.00. The van der Waals surface area contributed by atoms with Gasteiger partial charge in [-0.15, -0.1) is 11.8 Å². The number of nitrogens with one attached hydrogen (secondary N) is 1. The molecule has 0 radical (unpaired) electrons. The number of thioether (sulfide) groups is 1. The monoisotopic (exact) mass is 508 g/mol. The van der Waals surface area contributed by atoms with E-state index in [0.717, 1.165) is 11.1 Å². The number of nitrogens with zero attached hydrogens (tertiary/aromatic N) is 1. The fraction of sp³-hybridized carbons (Fsp3) is 0.161. The summed E-state index contributed by atoms with van der Waals surface area (Å²) < 4.78 is 11.7. The minimum absolute atomic E-state index is 0.138. The fourth-order valence-corrected chi connectivity index (χ4v) is 5.54. The van der Waals surface area contributed by atoms with E-state index in [2.05, 4.69) is 59.1 Å². The highest BCUT2D eigenvalue weighted by Gasteiger charge is 2.28. The lowest BCUT2D eigenvalue weighted by Gasteiger charge is -2.13. The highest BCUT2D eigenvalue weighted by Crippen LogP contribution is 2.49. The van der Waals surface area contributed by atoms with E-state index in [-0.39, 0.29) is 11.2 Å². The van der Waals surface area contributed by atoms with Crippen molar-refractivity contribution >= 4 is 23.9 Å². The van der Waals surface area contributed by atoms with Gasteiger partial charge in [-0.1, -0.05) is 78.9 Å². The summed E-state index contributed by atoms with van der Waals surface area (Å²) in [6.45, 7) is 2.91. The first-order valence-electron chi connectivity index (χ1n) is 12.3. The molecule has 0 unspecified atom stereocenters. The zero-order chi connectivity index (χ0) is 25.5. The molecule has 1 N–H and O–H groups in total. The van der Waals surface area contributed by atoms with Crippen molar-refractivity contribution in [3.05, 3.63) is 119 Å². The van der Waals surface area contributed by atoms with E-state index in [4.69, 9.17) is 9.47 Å². The van der Waals surface area contributed by atoms with E-state index in [9.17, 15) is 4.79 Å². The number of rotatable bonds is 10. The summed E-state index contributed by atoms with van der Waals surface area (Å²) in [6.07, 6.45) is 1.62. The van der Waals surface area contributed by atoms with E-state index in [1.54, 1.807) is 18.0 Å². The molecule has 0 saturated heterocycles. The van der Waals surface area contributed by atoms with Crippen LogP contribution in [0.4, 0.5) is 0 Å². The fourth-order valence-electron chi connectivity index (χ4n) is 4.39. The van der Waals surface area contributed by atoms with Gasteiger partial charge in [-0.05, 0) is 58.5 Å². The first kappa shape index (κ1) is 24.7. The maximum Gasteiger partial charge on any atom is 0.250 e. The van der Waals surface area contributed by atoms with Crippen LogP contribution in [0.15, 0.2) is 102 Å². The normalized spacial score (nSPS) is 12.2. The second-order valence-electron chi connectivity index (χ2n) is 8.57. The molecule has 0 spiro atoms. The lowest BCUT2D eigenvalue weighted by molar-refractivity contribution is -0.118. The molecule has 4 aromatic rings. The van der Waals surface area contributed by atoms with Crippen LogP contribution in [-0.2, 0) is 11.4 Å². The Morgan fingerprint density at radius 1 is 0.865 bits per heavy atom. The molecule has 6 heteroatoms. The van der Waals surface area contributed by atoms with Gasteiger partial charge >= 0.3 is 0 Å². The van der Waals surface area contributed by atoms with Crippen LogP contribution >= 0.6 is 11.8 Å². The molecule has 1 aliphatic carbocycles.